The molecule has 0 aliphatic rings. The van der Waals surface area contributed by atoms with Crippen molar-refractivity contribution in [2.24, 2.45) is 12.9 Å². The highest BCUT2D eigenvalue weighted by Gasteiger charge is 2.21. The average Bonchev–Trinajstić information content (AvgIpc) is 2.82. The number of nitrogens with two attached hydrogens (primary N) is 1. The second-order valence-electron chi connectivity index (χ2n) is 4.11. The zero-order valence-electron chi connectivity index (χ0n) is 10.8. The number of benzene rings is 1. The Hall–Kier alpha value is -2.65. The molecule has 9 nitrogen and oxygen atoms in total. The van der Waals surface area contributed by atoms with Crippen molar-refractivity contribution >= 4 is 34.6 Å². The lowest BCUT2D eigenvalue weighted by atomic mass is 10.1. The van der Waals surface area contributed by atoms with Crippen LogP contribution in [0.1, 0.15) is 10.4 Å². The van der Waals surface area contributed by atoms with Gasteiger partial charge in [-0.05, 0) is 6.07 Å². The lowest BCUT2D eigenvalue weighted by Crippen LogP contribution is -2.14. The molecule has 0 aliphatic heterocycles. The van der Waals surface area contributed by atoms with E-state index in [1.165, 1.54) is 16.9 Å². The normalized spacial score (nSPS) is 10.2. The highest BCUT2D eigenvalue weighted by molar-refractivity contribution is 6.34. The van der Waals surface area contributed by atoms with E-state index in [0.717, 1.165) is 6.07 Å². The lowest BCUT2D eigenvalue weighted by Gasteiger charge is -2.07. The van der Waals surface area contributed by atoms with Crippen LogP contribution in [0.25, 0.3) is 0 Å². The number of aromatic nitrogens is 2. The summed E-state index contributed by atoms with van der Waals surface area (Å²) in [5.41, 5.74) is 2.20. The van der Waals surface area contributed by atoms with Crippen molar-refractivity contribution in [1.29, 1.82) is 0 Å². The number of nitro groups is 1. The number of nitrogens with one attached hydrogen (secondary N) is 2. The minimum absolute atomic E-state index is 0.0250. The Morgan fingerprint density at radius 2 is 2.24 bits per heavy atom. The first-order chi connectivity index (χ1) is 9.92. The number of halogens is 1. The first kappa shape index (κ1) is 14.8. The maximum absolute atomic E-state index is 12.1. The molecule has 1 aromatic carbocycles. The molecule has 2 aromatic rings. The van der Waals surface area contributed by atoms with Gasteiger partial charge in [0.1, 0.15) is 5.69 Å². The molecule has 0 bridgehead atoms. The van der Waals surface area contributed by atoms with E-state index in [0.29, 0.717) is 5.69 Å². The number of carbonyl (C=O) groups excluding carboxylic acids is 1. The fraction of sp³-hybridized carbons (Fsp3) is 0.0909. The van der Waals surface area contributed by atoms with Crippen molar-refractivity contribution < 1.29 is 9.72 Å². The zero-order chi connectivity index (χ0) is 15.6. The molecule has 21 heavy (non-hydrogen) atoms. The number of aryl methyl sites for hydroxylation is 1. The number of carbonyl (C=O) groups is 1. The monoisotopic (exact) mass is 310 g/mol. The van der Waals surface area contributed by atoms with Gasteiger partial charge < -0.3 is 10.7 Å². The van der Waals surface area contributed by atoms with E-state index in [4.69, 9.17) is 17.4 Å². The van der Waals surface area contributed by atoms with E-state index in [1.807, 2.05) is 0 Å². The van der Waals surface area contributed by atoms with Crippen molar-refractivity contribution in [3.8, 4) is 0 Å². The van der Waals surface area contributed by atoms with Gasteiger partial charge in [-0.3, -0.25) is 25.4 Å². The summed E-state index contributed by atoms with van der Waals surface area (Å²) in [6, 6.07) is 2.38. The molecule has 0 aliphatic carbocycles. The molecule has 0 saturated carbocycles. The van der Waals surface area contributed by atoms with Crippen molar-refractivity contribution in [3.63, 3.8) is 0 Å². The second kappa shape index (κ2) is 5.77. The molecule has 1 amide bonds. The van der Waals surface area contributed by atoms with Crippen molar-refractivity contribution in [1.82, 2.24) is 9.78 Å². The number of hydrazine groups is 1. The number of nitrogen functional groups attached to an aromatic ring is 1. The van der Waals surface area contributed by atoms with E-state index < -0.39 is 10.8 Å². The quantitative estimate of drug-likeness (QED) is 0.446. The molecule has 0 atom stereocenters. The van der Waals surface area contributed by atoms with Gasteiger partial charge in [-0.25, -0.2) is 0 Å². The Morgan fingerprint density at radius 1 is 1.52 bits per heavy atom. The third-order valence-electron chi connectivity index (χ3n) is 2.64. The van der Waals surface area contributed by atoms with Gasteiger partial charge in [0.15, 0.2) is 0 Å². The van der Waals surface area contributed by atoms with Gasteiger partial charge in [0.2, 0.25) is 0 Å². The van der Waals surface area contributed by atoms with Crippen LogP contribution in [-0.2, 0) is 7.05 Å². The fourth-order valence-corrected chi connectivity index (χ4v) is 1.97. The van der Waals surface area contributed by atoms with Crippen LogP contribution in [0.4, 0.5) is 17.1 Å². The van der Waals surface area contributed by atoms with Gasteiger partial charge in [-0.15, -0.1) is 0 Å². The Labute approximate surface area is 123 Å². The second-order valence-corrected chi connectivity index (χ2v) is 4.52. The topological polar surface area (TPSA) is 128 Å². The van der Waals surface area contributed by atoms with Crippen molar-refractivity contribution in [2.75, 3.05) is 10.7 Å². The van der Waals surface area contributed by atoms with Gasteiger partial charge in [0.05, 0.1) is 21.8 Å². The van der Waals surface area contributed by atoms with Crippen LogP contribution in [0.5, 0.6) is 0 Å². The fourth-order valence-electron chi connectivity index (χ4n) is 1.70. The lowest BCUT2D eigenvalue weighted by molar-refractivity contribution is -0.384. The maximum Gasteiger partial charge on any atom is 0.295 e. The number of hydrogen-bond acceptors (Lipinski definition) is 6. The predicted molar refractivity (Wildman–Crippen MR) is 77.1 cm³/mol. The number of anilines is 2. The molecular formula is C11H11ClN6O3. The van der Waals surface area contributed by atoms with Crippen LogP contribution in [-0.4, -0.2) is 20.6 Å². The Bertz CT molecular complexity index is 714. The molecule has 0 fully saturated rings. The average molecular weight is 311 g/mol. The summed E-state index contributed by atoms with van der Waals surface area (Å²) in [5.74, 6) is 4.65. The highest BCUT2D eigenvalue weighted by Crippen LogP contribution is 2.33. The van der Waals surface area contributed by atoms with Gasteiger partial charge in [0.25, 0.3) is 11.6 Å². The van der Waals surface area contributed by atoms with E-state index >= 15 is 0 Å². The van der Waals surface area contributed by atoms with Crippen molar-refractivity contribution in [2.45, 2.75) is 0 Å². The van der Waals surface area contributed by atoms with Gasteiger partial charge >= 0.3 is 0 Å². The third kappa shape index (κ3) is 3.09. The van der Waals surface area contributed by atoms with Crippen molar-refractivity contribution in [3.05, 3.63) is 45.2 Å². The van der Waals surface area contributed by atoms with Crippen LogP contribution in [0.15, 0.2) is 24.5 Å². The first-order valence-corrected chi connectivity index (χ1v) is 6.04. The van der Waals surface area contributed by atoms with Gasteiger partial charge in [0, 0.05) is 24.9 Å². The standard InChI is InChI=1S/C11H11ClN6O3/c1-17-5-7(4-14-17)15-11(19)6-2-8(12)10(16-13)9(3-6)18(20)21/h2-5,16H,13H2,1H3,(H,15,19). The molecule has 0 radical (unpaired) electrons. The number of nitrogens with zero attached hydrogens (tertiary/aromatic N) is 3. The summed E-state index contributed by atoms with van der Waals surface area (Å²) in [6.45, 7) is 0. The van der Waals surface area contributed by atoms with Crippen LogP contribution in [0, 0.1) is 10.1 Å². The van der Waals surface area contributed by atoms with Gasteiger partial charge in [-0.1, -0.05) is 11.6 Å². The summed E-state index contributed by atoms with van der Waals surface area (Å²) >= 11 is 5.89. The number of hydrogen-bond donors (Lipinski definition) is 3. The zero-order valence-corrected chi connectivity index (χ0v) is 11.6. The van der Waals surface area contributed by atoms with E-state index in [-0.39, 0.29) is 22.0 Å². The largest absolute Gasteiger partial charge is 0.319 e. The molecule has 10 heteroatoms. The predicted octanol–water partition coefficient (Wildman–Crippen LogP) is 1.52. The molecular weight excluding hydrogens is 300 g/mol. The Morgan fingerprint density at radius 3 is 2.76 bits per heavy atom. The smallest absolute Gasteiger partial charge is 0.295 e. The summed E-state index contributed by atoms with van der Waals surface area (Å²) in [5, 5.41) is 17.4. The molecule has 1 heterocycles. The summed E-state index contributed by atoms with van der Waals surface area (Å²) in [6.07, 6.45) is 3.04. The SMILES string of the molecule is Cn1cc(NC(=O)c2cc(Cl)c(NN)c([N+](=O)[O-])c2)cn1. The molecule has 1 aromatic heterocycles. The van der Waals surface area contributed by atoms with Crippen LogP contribution in [0.2, 0.25) is 5.02 Å². The number of amides is 1. The molecule has 0 saturated heterocycles. The summed E-state index contributed by atoms with van der Waals surface area (Å²) in [4.78, 5) is 22.4. The minimum atomic E-state index is -0.679. The Kier molecular flexibility index (Phi) is 4.05. The number of rotatable bonds is 4. The summed E-state index contributed by atoms with van der Waals surface area (Å²) < 4.78 is 1.51. The maximum atomic E-state index is 12.1. The van der Waals surface area contributed by atoms with E-state index in [9.17, 15) is 14.9 Å². The molecule has 0 spiro atoms. The van der Waals surface area contributed by atoms with E-state index in [2.05, 4.69) is 15.8 Å². The van der Waals surface area contributed by atoms with Gasteiger partial charge in [-0.2, -0.15) is 5.10 Å². The van der Waals surface area contributed by atoms with Crippen LogP contribution in [0.3, 0.4) is 0 Å². The highest BCUT2D eigenvalue weighted by atomic mass is 35.5. The van der Waals surface area contributed by atoms with Crippen LogP contribution < -0.4 is 16.6 Å². The first-order valence-electron chi connectivity index (χ1n) is 5.67. The third-order valence-corrected chi connectivity index (χ3v) is 2.93. The molecule has 2 rings (SSSR count). The number of nitro benzene ring substituents is 1. The van der Waals surface area contributed by atoms with E-state index in [1.54, 1.807) is 13.2 Å². The molecule has 110 valence electrons. The minimum Gasteiger partial charge on any atom is -0.319 e. The Balaban J connectivity index is 2.35. The molecule has 4 N–H and O–H groups in total. The molecule has 0 unspecified atom stereocenters. The van der Waals surface area contributed by atoms with Crippen LogP contribution >= 0.6 is 11.6 Å². The summed E-state index contributed by atoms with van der Waals surface area (Å²) in [7, 11) is 1.69.